The van der Waals surface area contributed by atoms with E-state index in [0.29, 0.717) is 23.8 Å². The van der Waals surface area contributed by atoms with Gasteiger partial charge in [0.15, 0.2) is 0 Å². The standard InChI is InChI=1S/C17H21BrO3/c1-16(2)11-8-14(17(3,20)9-12(11)16)21-15(19)10-6-4-5-7-13(10)18/h4-7,11-12,14,20H,8-9H2,1-3H3/t11-,12-,14-,17-/m1/s1. The maximum absolute atomic E-state index is 12.3. The van der Waals surface area contributed by atoms with Crippen LogP contribution in [0, 0.1) is 17.3 Å². The van der Waals surface area contributed by atoms with Crippen molar-refractivity contribution in [1.29, 1.82) is 0 Å². The van der Waals surface area contributed by atoms with E-state index < -0.39 is 11.7 Å². The summed E-state index contributed by atoms with van der Waals surface area (Å²) in [5.74, 6) is 0.727. The summed E-state index contributed by atoms with van der Waals surface area (Å²) in [6.07, 6.45) is 1.03. The summed E-state index contributed by atoms with van der Waals surface area (Å²) in [4.78, 5) is 12.3. The molecule has 1 aromatic carbocycles. The Morgan fingerprint density at radius 1 is 1.29 bits per heavy atom. The van der Waals surface area contributed by atoms with Crippen molar-refractivity contribution in [2.75, 3.05) is 0 Å². The summed E-state index contributed by atoms with van der Waals surface area (Å²) in [5, 5.41) is 10.6. The summed E-state index contributed by atoms with van der Waals surface area (Å²) in [7, 11) is 0. The monoisotopic (exact) mass is 352 g/mol. The van der Waals surface area contributed by atoms with Crippen molar-refractivity contribution in [3.63, 3.8) is 0 Å². The maximum atomic E-state index is 12.3. The van der Waals surface area contributed by atoms with Crippen molar-refractivity contribution in [3.8, 4) is 0 Å². The Morgan fingerprint density at radius 3 is 2.62 bits per heavy atom. The first kappa shape index (κ1) is 15.0. The number of aliphatic hydroxyl groups is 1. The molecule has 2 saturated carbocycles. The molecule has 2 aliphatic carbocycles. The molecule has 0 bridgehead atoms. The summed E-state index contributed by atoms with van der Waals surface area (Å²) in [6, 6.07) is 7.21. The zero-order chi connectivity index (χ0) is 15.4. The molecule has 2 aliphatic rings. The Labute approximate surface area is 133 Å². The van der Waals surface area contributed by atoms with Crippen LogP contribution in [0.1, 0.15) is 44.0 Å². The smallest absolute Gasteiger partial charge is 0.339 e. The lowest BCUT2D eigenvalue weighted by Gasteiger charge is -2.36. The van der Waals surface area contributed by atoms with Crippen LogP contribution in [0.25, 0.3) is 0 Å². The Kier molecular flexibility index (Phi) is 3.45. The molecule has 4 heteroatoms. The van der Waals surface area contributed by atoms with E-state index in [4.69, 9.17) is 4.74 Å². The number of hydrogen-bond acceptors (Lipinski definition) is 3. The van der Waals surface area contributed by atoms with E-state index in [-0.39, 0.29) is 11.4 Å². The molecule has 114 valence electrons. The van der Waals surface area contributed by atoms with E-state index in [9.17, 15) is 9.90 Å². The molecule has 1 aromatic rings. The molecular formula is C17H21BrO3. The topological polar surface area (TPSA) is 46.5 Å². The van der Waals surface area contributed by atoms with Gasteiger partial charge in [0.25, 0.3) is 0 Å². The predicted octanol–water partition coefficient (Wildman–Crippen LogP) is 3.79. The lowest BCUT2D eigenvalue weighted by Crippen LogP contribution is -2.45. The normalized spacial score (nSPS) is 36.7. The van der Waals surface area contributed by atoms with Crippen LogP contribution in [0.5, 0.6) is 0 Å². The van der Waals surface area contributed by atoms with Gasteiger partial charge in [-0.25, -0.2) is 4.79 Å². The second kappa shape index (κ2) is 4.82. The van der Waals surface area contributed by atoms with Gasteiger partial charge in [-0.15, -0.1) is 0 Å². The van der Waals surface area contributed by atoms with Crippen LogP contribution >= 0.6 is 15.9 Å². The van der Waals surface area contributed by atoms with Crippen molar-refractivity contribution in [1.82, 2.24) is 0 Å². The Morgan fingerprint density at radius 2 is 1.95 bits per heavy atom. The van der Waals surface area contributed by atoms with E-state index in [1.165, 1.54) is 0 Å². The maximum Gasteiger partial charge on any atom is 0.339 e. The fourth-order valence-corrected chi connectivity index (χ4v) is 4.23. The molecule has 0 heterocycles. The van der Waals surface area contributed by atoms with Crippen LogP contribution in [0.4, 0.5) is 0 Å². The van der Waals surface area contributed by atoms with E-state index >= 15 is 0 Å². The molecule has 0 saturated heterocycles. The molecule has 4 atom stereocenters. The number of esters is 1. The fraction of sp³-hybridized carbons (Fsp3) is 0.588. The minimum atomic E-state index is -0.939. The number of halogens is 1. The molecule has 1 N–H and O–H groups in total. The first-order chi connectivity index (χ1) is 9.73. The summed E-state index contributed by atoms with van der Waals surface area (Å²) in [5.41, 5.74) is -0.171. The summed E-state index contributed by atoms with van der Waals surface area (Å²) >= 11 is 3.37. The van der Waals surface area contributed by atoms with Crippen LogP contribution < -0.4 is 0 Å². The van der Waals surface area contributed by atoms with Gasteiger partial charge in [-0.05, 0) is 65.1 Å². The van der Waals surface area contributed by atoms with Gasteiger partial charge in [0.1, 0.15) is 6.10 Å². The molecule has 0 aliphatic heterocycles. The van der Waals surface area contributed by atoms with Gasteiger partial charge in [0.2, 0.25) is 0 Å². The predicted molar refractivity (Wildman–Crippen MR) is 84.0 cm³/mol. The zero-order valence-electron chi connectivity index (χ0n) is 12.6. The van der Waals surface area contributed by atoms with Crippen LogP contribution in [-0.4, -0.2) is 22.8 Å². The van der Waals surface area contributed by atoms with Gasteiger partial charge >= 0.3 is 5.97 Å². The second-order valence-corrected chi connectivity index (χ2v) is 8.06. The van der Waals surface area contributed by atoms with Crippen LogP contribution in [0.2, 0.25) is 0 Å². The van der Waals surface area contributed by atoms with E-state index in [0.717, 1.165) is 10.9 Å². The van der Waals surface area contributed by atoms with Crippen LogP contribution in [-0.2, 0) is 4.74 Å². The number of fused-ring (bicyclic) bond motifs is 1. The van der Waals surface area contributed by atoms with Crippen LogP contribution in [0.15, 0.2) is 28.7 Å². The van der Waals surface area contributed by atoms with E-state index in [2.05, 4.69) is 29.8 Å². The molecule has 0 radical (unpaired) electrons. The Bertz CT molecular complexity index is 579. The van der Waals surface area contributed by atoms with E-state index in [1.807, 2.05) is 12.1 Å². The number of carbonyl (C=O) groups is 1. The molecule has 0 unspecified atom stereocenters. The molecule has 2 fully saturated rings. The highest BCUT2D eigenvalue weighted by Gasteiger charge is 2.64. The Balaban J connectivity index is 1.75. The quantitative estimate of drug-likeness (QED) is 0.823. The zero-order valence-corrected chi connectivity index (χ0v) is 14.2. The number of rotatable bonds is 2. The highest BCUT2D eigenvalue weighted by Crippen LogP contribution is 2.66. The molecule has 3 rings (SSSR count). The minimum absolute atomic E-state index is 0.262. The SMILES string of the molecule is CC1(C)[C@@H]2C[C@@H](OC(=O)c3ccccc3Br)[C@](C)(O)C[C@H]21. The van der Waals surface area contributed by atoms with Gasteiger partial charge in [0, 0.05) is 4.47 Å². The highest BCUT2D eigenvalue weighted by molar-refractivity contribution is 9.10. The third kappa shape index (κ3) is 2.53. The van der Waals surface area contributed by atoms with Gasteiger partial charge in [-0.2, -0.15) is 0 Å². The lowest BCUT2D eigenvalue weighted by molar-refractivity contribution is -0.0986. The molecule has 3 nitrogen and oxygen atoms in total. The average molecular weight is 353 g/mol. The van der Waals surface area contributed by atoms with Gasteiger partial charge in [-0.1, -0.05) is 26.0 Å². The number of ether oxygens (including phenoxy) is 1. The second-order valence-electron chi connectivity index (χ2n) is 7.21. The first-order valence-electron chi connectivity index (χ1n) is 7.41. The van der Waals surface area contributed by atoms with Gasteiger partial charge in [0.05, 0.1) is 11.2 Å². The van der Waals surface area contributed by atoms with Gasteiger partial charge < -0.3 is 9.84 Å². The van der Waals surface area contributed by atoms with Crippen molar-refractivity contribution < 1.29 is 14.6 Å². The molecule has 0 spiro atoms. The van der Waals surface area contributed by atoms with Gasteiger partial charge in [-0.3, -0.25) is 0 Å². The fourth-order valence-electron chi connectivity index (χ4n) is 3.79. The summed E-state index contributed by atoms with van der Waals surface area (Å²) in [6.45, 7) is 6.25. The molecular weight excluding hydrogens is 332 g/mol. The average Bonchev–Trinajstić information content (AvgIpc) is 2.90. The first-order valence-corrected chi connectivity index (χ1v) is 8.20. The number of benzene rings is 1. The summed E-state index contributed by atoms with van der Waals surface area (Å²) < 4.78 is 6.36. The molecule has 0 amide bonds. The minimum Gasteiger partial charge on any atom is -0.456 e. The van der Waals surface area contributed by atoms with Crippen LogP contribution in [0.3, 0.4) is 0 Å². The Hall–Kier alpha value is -0.870. The lowest BCUT2D eigenvalue weighted by atomic mass is 9.83. The largest absolute Gasteiger partial charge is 0.456 e. The third-order valence-corrected chi connectivity index (χ3v) is 6.12. The van der Waals surface area contributed by atoms with Crippen molar-refractivity contribution in [2.24, 2.45) is 17.3 Å². The van der Waals surface area contributed by atoms with Crippen molar-refractivity contribution in [2.45, 2.75) is 45.3 Å². The van der Waals surface area contributed by atoms with Crippen molar-refractivity contribution in [3.05, 3.63) is 34.3 Å². The third-order valence-electron chi connectivity index (χ3n) is 5.43. The highest BCUT2D eigenvalue weighted by atomic mass is 79.9. The number of carbonyl (C=O) groups excluding carboxylic acids is 1. The number of hydrogen-bond donors (Lipinski definition) is 1. The molecule has 0 aromatic heterocycles. The van der Waals surface area contributed by atoms with Crippen molar-refractivity contribution >= 4 is 21.9 Å². The van der Waals surface area contributed by atoms with E-state index in [1.54, 1.807) is 19.1 Å². The molecule has 21 heavy (non-hydrogen) atoms.